The number of aromatic nitrogens is 3. The van der Waals surface area contributed by atoms with Gasteiger partial charge in [0.05, 0.1) is 19.8 Å². The van der Waals surface area contributed by atoms with Crippen molar-refractivity contribution in [3.8, 4) is 11.4 Å². The Morgan fingerprint density at radius 2 is 1.76 bits per heavy atom. The number of nitrogens with two attached hydrogens (primary N) is 1. The van der Waals surface area contributed by atoms with Crippen molar-refractivity contribution in [2.45, 2.75) is 39.7 Å². The highest BCUT2D eigenvalue weighted by molar-refractivity contribution is 6.06. The van der Waals surface area contributed by atoms with Gasteiger partial charge in [-0.05, 0) is 59.9 Å². The quantitative estimate of drug-likeness (QED) is 0.242. The molecule has 10 heteroatoms. The number of carbonyl (C=O) groups is 1. The summed E-state index contributed by atoms with van der Waals surface area (Å²) in [6, 6.07) is 19.1. The number of rotatable bonds is 7. The second-order valence-electron chi connectivity index (χ2n) is 11.3. The van der Waals surface area contributed by atoms with E-state index in [9.17, 15) is 9.90 Å². The number of nitrogens with one attached hydrogen (secondary N) is 2. The summed E-state index contributed by atoms with van der Waals surface area (Å²) >= 11 is 0. The minimum Gasteiger partial charge on any atom is -0.392 e. The van der Waals surface area contributed by atoms with Crippen LogP contribution in [0.2, 0.25) is 0 Å². The lowest BCUT2D eigenvalue weighted by molar-refractivity contribution is 0.102. The van der Waals surface area contributed by atoms with Gasteiger partial charge in [-0.1, -0.05) is 45.0 Å². The van der Waals surface area contributed by atoms with Crippen LogP contribution in [0.3, 0.4) is 0 Å². The zero-order chi connectivity index (χ0) is 29.9. The van der Waals surface area contributed by atoms with Gasteiger partial charge in [-0.15, -0.1) is 0 Å². The number of aliphatic hydroxyl groups is 1. The first-order valence-electron chi connectivity index (χ1n) is 14.0. The normalized spacial score (nSPS) is 13.6. The van der Waals surface area contributed by atoms with Gasteiger partial charge in [-0.3, -0.25) is 4.79 Å². The van der Waals surface area contributed by atoms with Crippen molar-refractivity contribution < 1.29 is 14.6 Å². The van der Waals surface area contributed by atoms with E-state index < -0.39 is 0 Å². The topological polar surface area (TPSA) is 139 Å². The predicted molar refractivity (Wildman–Crippen MR) is 166 cm³/mol. The Morgan fingerprint density at radius 3 is 2.43 bits per heavy atom. The Balaban J connectivity index is 1.38. The number of anilines is 5. The lowest BCUT2D eigenvalue weighted by Gasteiger charge is -2.28. The number of benzene rings is 3. The van der Waals surface area contributed by atoms with Crippen LogP contribution in [0, 0.1) is 6.92 Å². The number of hydrogen-bond acceptors (Lipinski definition) is 9. The largest absolute Gasteiger partial charge is 0.392 e. The highest BCUT2D eigenvalue weighted by atomic mass is 16.5. The minimum absolute atomic E-state index is 0.0232. The first-order chi connectivity index (χ1) is 20.1. The van der Waals surface area contributed by atoms with E-state index in [2.05, 4.69) is 51.3 Å². The molecular formula is C32H37N7O3. The zero-order valence-electron chi connectivity index (χ0n) is 24.4. The highest BCUT2D eigenvalue weighted by Gasteiger charge is 2.19. The van der Waals surface area contributed by atoms with Crippen LogP contribution < -0.4 is 21.3 Å². The summed E-state index contributed by atoms with van der Waals surface area (Å²) in [6.07, 6.45) is 0. The van der Waals surface area contributed by atoms with E-state index in [1.54, 1.807) is 18.2 Å². The molecule has 5 rings (SSSR count). The van der Waals surface area contributed by atoms with Gasteiger partial charge in [0, 0.05) is 46.8 Å². The van der Waals surface area contributed by atoms with Crippen molar-refractivity contribution in [1.82, 2.24) is 15.0 Å². The van der Waals surface area contributed by atoms with Crippen molar-refractivity contribution in [2.24, 2.45) is 0 Å². The van der Waals surface area contributed by atoms with Crippen LogP contribution in [0.15, 0.2) is 60.7 Å². The maximum absolute atomic E-state index is 13.3. The number of aliphatic hydroxyl groups excluding tert-OH is 1. The van der Waals surface area contributed by atoms with Gasteiger partial charge in [0.15, 0.2) is 5.82 Å². The number of nitrogens with zero attached hydrogens (tertiary/aromatic N) is 4. The smallest absolute Gasteiger partial charge is 0.255 e. The fourth-order valence-corrected chi connectivity index (χ4v) is 4.93. The van der Waals surface area contributed by atoms with Crippen molar-refractivity contribution in [2.75, 3.05) is 47.6 Å². The van der Waals surface area contributed by atoms with Crippen LogP contribution in [0.1, 0.15) is 47.8 Å². The van der Waals surface area contributed by atoms with Crippen molar-refractivity contribution in [1.29, 1.82) is 0 Å². The molecule has 0 unspecified atom stereocenters. The van der Waals surface area contributed by atoms with Gasteiger partial charge < -0.3 is 31.1 Å². The third-order valence-electron chi connectivity index (χ3n) is 7.31. The van der Waals surface area contributed by atoms with Crippen LogP contribution in [0.25, 0.3) is 11.4 Å². The van der Waals surface area contributed by atoms with E-state index in [1.807, 2.05) is 49.4 Å². The molecule has 0 spiro atoms. The molecule has 1 aromatic heterocycles. The molecule has 3 aromatic carbocycles. The molecule has 0 atom stereocenters. The Morgan fingerprint density at radius 1 is 1.02 bits per heavy atom. The van der Waals surface area contributed by atoms with Gasteiger partial charge in [-0.2, -0.15) is 15.0 Å². The molecule has 0 bridgehead atoms. The molecule has 1 fully saturated rings. The van der Waals surface area contributed by atoms with Crippen molar-refractivity contribution in [3.05, 3.63) is 82.9 Å². The molecule has 1 saturated heterocycles. The number of aryl methyl sites for hydroxylation is 1. The van der Waals surface area contributed by atoms with Crippen LogP contribution in [-0.2, 0) is 16.8 Å². The van der Waals surface area contributed by atoms with Crippen LogP contribution >= 0.6 is 0 Å². The molecule has 10 nitrogen and oxygen atoms in total. The SMILES string of the molecule is Cc1cc(C(C)(C)C)ccc1C(=O)Nc1cccc(-c2nc(N)nc(Nc3ccc(N4CCOCC4)cc3)n2)c1CO. The van der Waals surface area contributed by atoms with E-state index in [4.69, 9.17) is 10.5 Å². The molecule has 1 aliphatic rings. The van der Waals surface area contributed by atoms with Crippen LogP contribution in [0.4, 0.5) is 29.0 Å². The molecule has 0 radical (unpaired) electrons. The van der Waals surface area contributed by atoms with Crippen molar-refractivity contribution >= 4 is 34.9 Å². The minimum atomic E-state index is -0.342. The van der Waals surface area contributed by atoms with E-state index in [-0.39, 0.29) is 35.7 Å². The monoisotopic (exact) mass is 567 g/mol. The molecule has 2 heterocycles. The molecule has 5 N–H and O–H groups in total. The maximum Gasteiger partial charge on any atom is 0.255 e. The second-order valence-corrected chi connectivity index (χ2v) is 11.3. The molecular weight excluding hydrogens is 530 g/mol. The average molecular weight is 568 g/mol. The molecule has 1 amide bonds. The molecule has 42 heavy (non-hydrogen) atoms. The van der Waals surface area contributed by atoms with Crippen molar-refractivity contribution in [3.63, 3.8) is 0 Å². The second kappa shape index (κ2) is 12.1. The van der Waals surface area contributed by atoms with Crippen LogP contribution in [0.5, 0.6) is 0 Å². The summed E-state index contributed by atoms with van der Waals surface area (Å²) in [7, 11) is 0. The summed E-state index contributed by atoms with van der Waals surface area (Å²) < 4.78 is 5.44. The number of morpholine rings is 1. The first kappa shape index (κ1) is 29.0. The summed E-state index contributed by atoms with van der Waals surface area (Å²) in [5, 5.41) is 16.5. The number of nitrogen functional groups attached to an aromatic ring is 1. The van der Waals surface area contributed by atoms with E-state index in [0.29, 0.717) is 22.4 Å². The standard InChI is InChI=1S/C32H37N7O3/c1-20-18-21(32(2,3)4)8-13-24(20)29(41)35-27-7-5-6-25(26(27)19-40)28-36-30(33)38-31(37-28)34-22-9-11-23(12-10-22)39-14-16-42-17-15-39/h5-13,18,40H,14-17,19H2,1-4H3,(H,35,41)(H3,33,34,36,37,38). The molecule has 4 aromatic rings. The predicted octanol–water partition coefficient (Wildman–Crippen LogP) is 5.05. The van der Waals surface area contributed by atoms with Gasteiger partial charge in [0.1, 0.15) is 0 Å². The lowest BCUT2D eigenvalue weighted by atomic mass is 9.85. The Bertz CT molecular complexity index is 1580. The summed E-state index contributed by atoms with van der Waals surface area (Å²) in [4.78, 5) is 28.7. The molecule has 0 saturated carbocycles. The maximum atomic E-state index is 13.3. The zero-order valence-corrected chi connectivity index (χ0v) is 24.4. The summed E-state index contributed by atoms with van der Waals surface area (Å²) in [6.45, 7) is 11.1. The van der Waals surface area contributed by atoms with E-state index in [1.165, 1.54) is 0 Å². The average Bonchev–Trinajstić information content (AvgIpc) is 2.97. The summed E-state index contributed by atoms with van der Waals surface area (Å²) in [5.41, 5.74) is 12.0. The third-order valence-corrected chi connectivity index (χ3v) is 7.31. The number of hydrogen-bond donors (Lipinski definition) is 4. The fraction of sp³-hybridized carbons (Fsp3) is 0.312. The Kier molecular flexibility index (Phi) is 8.37. The van der Waals surface area contributed by atoms with Gasteiger partial charge >= 0.3 is 0 Å². The Labute approximate surface area is 246 Å². The fourth-order valence-electron chi connectivity index (χ4n) is 4.93. The van der Waals surface area contributed by atoms with Crippen LogP contribution in [-0.4, -0.2) is 52.3 Å². The molecule has 218 valence electrons. The van der Waals surface area contributed by atoms with E-state index in [0.717, 1.165) is 48.8 Å². The molecule has 1 aliphatic heterocycles. The van der Waals surface area contributed by atoms with Gasteiger partial charge in [0.25, 0.3) is 5.91 Å². The summed E-state index contributed by atoms with van der Waals surface area (Å²) in [5.74, 6) is 0.309. The van der Waals surface area contributed by atoms with Gasteiger partial charge in [0.2, 0.25) is 11.9 Å². The Hall–Kier alpha value is -4.54. The van der Waals surface area contributed by atoms with Gasteiger partial charge in [-0.25, -0.2) is 0 Å². The highest BCUT2D eigenvalue weighted by Crippen LogP contribution is 2.30. The molecule has 0 aliphatic carbocycles. The lowest BCUT2D eigenvalue weighted by Crippen LogP contribution is -2.36. The van der Waals surface area contributed by atoms with E-state index >= 15 is 0 Å². The number of ether oxygens (including phenoxy) is 1. The number of amides is 1. The first-order valence-corrected chi connectivity index (χ1v) is 14.0. The third kappa shape index (κ3) is 6.50. The number of carbonyl (C=O) groups excluding carboxylic acids is 1.